The number of aryl methyl sites for hydroxylation is 1. The van der Waals surface area contributed by atoms with Gasteiger partial charge in [-0.1, -0.05) is 19.8 Å². The lowest BCUT2D eigenvalue weighted by molar-refractivity contribution is 0.675. The van der Waals surface area contributed by atoms with E-state index in [0.717, 1.165) is 47.5 Å². The van der Waals surface area contributed by atoms with Gasteiger partial charge in [-0.2, -0.15) is 0 Å². The van der Waals surface area contributed by atoms with Gasteiger partial charge >= 0.3 is 0 Å². The Labute approximate surface area is 106 Å². The number of hydrogen-bond donors (Lipinski definition) is 1. The Morgan fingerprint density at radius 3 is 2.71 bits per heavy atom. The van der Waals surface area contributed by atoms with E-state index in [-0.39, 0.29) is 0 Å². The van der Waals surface area contributed by atoms with Gasteiger partial charge in [-0.3, -0.25) is 9.19 Å². The van der Waals surface area contributed by atoms with Crippen LogP contribution in [-0.2, 0) is 16.6 Å². The number of hydrogen-bond acceptors (Lipinski definition) is 3. The summed E-state index contributed by atoms with van der Waals surface area (Å²) >= 11 is 0. The van der Waals surface area contributed by atoms with E-state index in [1.54, 1.807) is 6.20 Å². The van der Waals surface area contributed by atoms with Crippen molar-refractivity contribution in [1.82, 2.24) is 4.98 Å². The second-order valence-corrected chi connectivity index (χ2v) is 6.00. The molecule has 0 aromatic carbocycles. The van der Waals surface area contributed by atoms with Gasteiger partial charge in [0.15, 0.2) is 0 Å². The molecule has 17 heavy (non-hydrogen) atoms. The maximum Gasteiger partial charge on any atom is 0.0662 e. The third kappa shape index (κ3) is 4.11. The molecule has 1 unspecified atom stereocenters. The summed E-state index contributed by atoms with van der Waals surface area (Å²) in [5.74, 6) is 1.29. The number of nitrogens with zero attached hydrogens (tertiary/aromatic N) is 1. The molecule has 0 aliphatic rings. The quantitative estimate of drug-likeness (QED) is 0.794. The van der Waals surface area contributed by atoms with Crippen LogP contribution in [0.3, 0.4) is 0 Å². The minimum absolute atomic E-state index is 0.528. The van der Waals surface area contributed by atoms with Crippen molar-refractivity contribution in [2.45, 2.75) is 45.8 Å². The predicted octanol–water partition coefficient (Wildman–Crippen LogP) is 2.72. The van der Waals surface area contributed by atoms with Gasteiger partial charge in [0.25, 0.3) is 0 Å². The zero-order valence-corrected chi connectivity index (χ0v) is 11.8. The molecule has 0 spiro atoms. The number of rotatable bonds is 6. The van der Waals surface area contributed by atoms with E-state index in [1.165, 1.54) is 0 Å². The molecule has 0 fully saturated rings. The predicted molar refractivity (Wildman–Crippen MR) is 74.4 cm³/mol. The van der Waals surface area contributed by atoms with Gasteiger partial charge in [0.2, 0.25) is 0 Å². The SMILES string of the molecule is CCCCCS(=O)Cc1ncc(C)c(N)c1C. The molecule has 1 heterocycles. The Kier molecular flexibility index (Phi) is 5.62. The van der Waals surface area contributed by atoms with Gasteiger partial charge in [0.1, 0.15) is 0 Å². The summed E-state index contributed by atoms with van der Waals surface area (Å²) in [7, 11) is -0.816. The van der Waals surface area contributed by atoms with Gasteiger partial charge < -0.3 is 5.73 Å². The normalized spacial score (nSPS) is 12.6. The molecule has 0 saturated heterocycles. The summed E-state index contributed by atoms with van der Waals surface area (Å²) in [6, 6.07) is 0. The Hall–Kier alpha value is -0.900. The van der Waals surface area contributed by atoms with Crippen LogP contribution < -0.4 is 5.73 Å². The van der Waals surface area contributed by atoms with Crippen molar-refractivity contribution in [2.24, 2.45) is 0 Å². The van der Waals surface area contributed by atoms with Crippen LogP contribution in [0.1, 0.15) is 43.0 Å². The lowest BCUT2D eigenvalue weighted by atomic mass is 10.1. The molecule has 96 valence electrons. The Bertz CT molecular complexity index is 405. The Morgan fingerprint density at radius 2 is 2.06 bits per heavy atom. The number of aromatic nitrogens is 1. The van der Waals surface area contributed by atoms with Crippen LogP contribution in [0, 0.1) is 13.8 Å². The highest BCUT2D eigenvalue weighted by Gasteiger charge is 2.09. The Balaban J connectivity index is 2.63. The fourth-order valence-corrected chi connectivity index (χ4v) is 2.94. The molecule has 0 aliphatic carbocycles. The standard InChI is InChI=1S/C13H22N2OS/c1-4-5-6-7-17(16)9-12-11(3)13(14)10(2)8-15-12/h8H,4-7,9H2,1-3H3,(H2,14,15). The van der Waals surface area contributed by atoms with E-state index in [1.807, 2.05) is 13.8 Å². The maximum absolute atomic E-state index is 11.9. The summed E-state index contributed by atoms with van der Waals surface area (Å²) in [5.41, 5.74) is 9.57. The summed E-state index contributed by atoms with van der Waals surface area (Å²) in [4.78, 5) is 4.33. The molecule has 0 saturated carbocycles. The van der Waals surface area contributed by atoms with Crippen molar-refractivity contribution in [2.75, 3.05) is 11.5 Å². The molecule has 0 bridgehead atoms. The molecule has 0 aliphatic heterocycles. The van der Waals surface area contributed by atoms with Crippen molar-refractivity contribution in [3.8, 4) is 0 Å². The van der Waals surface area contributed by atoms with Crippen LogP contribution in [0.25, 0.3) is 0 Å². The van der Waals surface area contributed by atoms with Gasteiger partial charge in [-0.25, -0.2) is 0 Å². The van der Waals surface area contributed by atoms with E-state index in [9.17, 15) is 4.21 Å². The van der Waals surface area contributed by atoms with Crippen molar-refractivity contribution in [3.63, 3.8) is 0 Å². The fourth-order valence-electron chi connectivity index (χ4n) is 1.68. The first-order valence-corrected chi connectivity index (χ1v) is 7.60. The molecular weight excluding hydrogens is 232 g/mol. The number of pyridine rings is 1. The van der Waals surface area contributed by atoms with Crippen LogP contribution >= 0.6 is 0 Å². The summed E-state index contributed by atoms with van der Waals surface area (Å²) in [5, 5.41) is 0. The molecule has 2 N–H and O–H groups in total. The largest absolute Gasteiger partial charge is 0.398 e. The van der Waals surface area contributed by atoms with Gasteiger partial charge in [-0.05, 0) is 31.4 Å². The third-order valence-electron chi connectivity index (χ3n) is 2.95. The highest BCUT2D eigenvalue weighted by molar-refractivity contribution is 7.84. The van der Waals surface area contributed by atoms with Crippen LogP contribution in [0.2, 0.25) is 0 Å². The summed E-state index contributed by atoms with van der Waals surface area (Å²) in [6.45, 7) is 6.04. The number of nitrogen functional groups attached to an aromatic ring is 1. The highest BCUT2D eigenvalue weighted by Crippen LogP contribution is 2.19. The molecule has 0 amide bonds. The van der Waals surface area contributed by atoms with Crippen molar-refractivity contribution < 1.29 is 4.21 Å². The van der Waals surface area contributed by atoms with Gasteiger partial charge in [-0.15, -0.1) is 0 Å². The third-order valence-corrected chi connectivity index (χ3v) is 4.29. The zero-order chi connectivity index (χ0) is 12.8. The van der Waals surface area contributed by atoms with Crippen LogP contribution in [0.5, 0.6) is 0 Å². The average Bonchev–Trinajstić information content (AvgIpc) is 2.30. The van der Waals surface area contributed by atoms with Crippen molar-refractivity contribution in [1.29, 1.82) is 0 Å². The number of unbranched alkanes of at least 4 members (excludes halogenated alkanes) is 2. The summed E-state index contributed by atoms with van der Waals surface area (Å²) in [6.07, 6.45) is 5.10. The smallest absolute Gasteiger partial charge is 0.0662 e. The molecule has 1 rings (SSSR count). The highest BCUT2D eigenvalue weighted by atomic mass is 32.2. The molecule has 0 radical (unpaired) electrons. The number of nitrogens with two attached hydrogens (primary N) is 1. The van der Waals surface area contributed by atoms with E-state index in [2.05, 4.69) is 11.9 Å². The minimum Gasteiger partial charge on any atom is -0.398 e. The van der Waals surface area contributed by atoms with E-state index < -0.39 is 10.8 Å². The van der Waals surface area contributed by atoms with Crippen LogP contribution in [0.4, 0.5) is 5.69 Å². The zero-order valence-electron chi connectivity index (χ0n) is 11.0. The van der Waals surface area contributed by atoms with Crippen LogP contribution in [-0.4, -0.2) is 14.9 Å². The van der Waals surface area contributed by atoms with E-state index >= 15 is 0 Å². The second-order valence-electron chi connectivity index (χ2n) is 4.42. The minimum atomic E-state index is -0.816. The van der Waals surface area contributed by atoms with Gasteiger partial charge in [0, 0.05) is 28.4 Å². The molecule has 3 nitrogen and oxygen atoms in total. The Morgan fingerprint density at radius 1 is 1.35 bits per heavy atom. The molecule has 1 aromatic rings. The van der Waals surface area contributed by atoms with Crippen LogP contribution in [0.15, 0.2) is 6.20 Å². The van der Waals surface area contributed by atoms with E-state index in [0.29, 0.717) is 5.75 Å². The lowest BCUT2D eigenvalue weighted by Crippen LogP contribution is -2.07. The first-order chi connectivity index (χ1) is 8.06. The molecule has 4 heteroatoms. The van der Waals surface area contributed by atoms with Crippen molar-refractivity contribution in [3.05, 3.63) is 23.0 Å². The first-order valence-electron chi connectivity index (χ1n) is 6.11. The average molecular weight is 254 g/mol. The maximum atomic E-state index is 11.9. The number of anilines is 1. The van der Waals surface area contributed by atoms with E-state index in [4.69, 9.17) is 5.73 Å². The summed E-state index contributed by atoms with van der Waals surface area (Å²) < 4.78 is 11.9. The molecule has 1 aromatic heterocycles. The fraction of sp³-hybridized carbons (Fsp3) is 0.615. The topological polar surface area (TPSA) is 56.0 Å². The monoisotopic (exact) mass is 254 g/mol. The molecular formula is C13H22N2OS. The lowest BCUT2D eigenvalue weighted by Gasteiger charge is -2.09. The second kappa shape index (κ2) is 6.74. The van der Waals surface area contributed by atoms with Crippen molar-refractivity contribution >= 4 is 16.5 Å². The van der Waals surface area contributed by atoms with Gasteiger partial charge in [0.05, 0.1) is 11.4 Å². The first kappa shape index (κ1) is 14.2. The molecule has 1 atom stereocenters.